The number of aromatic nitrogens is 4. The highest BCUT2D eigenvalue weighted by atomic mass is 16.6. The molecule has 10 heteroatoms. The quantitative estimate of drug-likeness (QED) is 0.542. The van der Waals surface area contributed by atoms with Gasteiger partial charge in [-0.25, -0.2) is 9.97 Å². The van der Waals surface area contributed by atoms with Crippen LogP contribution in [0.4, 0.5) is 0 Å². The first kappa shape index (κ1) is 22.5. The van der Waals surface area contributed by atoms with Gasteiger partial charge in [-0.3, -0.25) is 14.4 Å². The Balaban J connectivity index is 0.000000858. The van der Waals surface area contributed by atoms with Gasteiger partial charge in [0.1, 0.15) is 11.9 Å². The molecule has 0 saturated carbocycles. The topological polar surface area (TPSA) is 120 Å². The Morgan fingerprint density at radius 3 is 2.71 bits per heavy atom. The van der Waals surface area contributed by atoms with E-state index < -0.39 is 5.41 Å². The fourth-order valence-corrected chi connectivity index (χ4v) is 4.39. The number of carbonyl (C=O) groups is 3. The van der Waals surface area contributed by atoms with E-state index in [4.69, 9.17) is 14.6 Å². The molecule has 2 saturated heterocycles. The molecule has 0 aliphatic carbocycles. The SMILES string of the molecule is CCc1nccn1CCC(=O)N1CCC2(CC1)CC(Cn1ccnc1)OC2=O.O=CO. The van der Waals surface area contributed by atoms with Crippen LogP contribution in [0.25, 0.3) is 0 Å². The maximum absolute atomic E-state index is 12.6. The number of carboxylic acid groups (broad SMARTS) is 1. The van der Waals surface area contributed by atoms with Gasteiger partial charge >= 0.3 is 5.97 Å². The molecule has 10 nitrogen and oxygen atoms in total. The number of aryl methyl sites for hydroxylation is 2. The number of piperidine rings is 1. The number of likely N-dealkylation sites (tertiary alicyclic amines) is 1. The van der Waals surface area contributed by atoms with E-state index in [-0.39, 0.29) is 24.5 Å². The summed E-state index contributed by atoms with van der Waals surface area (Å²) < 4.78 is 9.63. The van der Waals surface area contributed by atoms with Crippen molar-refractivity contribution in [2.75, 3.05) is 13.1 Å². The molecule has 2 aromatic rings. The molecule has 2 aliphatic heterocycles. The number of ether oxygens (including phenoxy) is 1. The monoisotopic (exact) mass is 431 g/mol. The van der Waals surface area contributed by atoms with Gasteiger partial charge in [-0.1, -0.05) is 6.92 Å². The largest absolute Gasteiger partial charge is 0.483 e. The number of esters is 1. The summed E-state index contributed by atoms with van der Waals surface area (Å²) in [6, 6.07) is 0. The molecule has 1 amide bonds. The van der Waals surface area contributed by atoms with Crippen LogP contribution < -0.4 is 0 Å². The molecule has 2 fully saturated rings. The third-order valence-electron chi connectivity index (χ3n) is 6.06. The van der Waals surface area contributed by atoms with Crippen molar-refractivity contribution < 1.29 is 24.2 Å². The van der Waals surface area contributed by atoms with Crippen LogP contribution in [0.1, 0.15) is 38.4 Å². The van der Waals surface area contributed by atoms with Crippen LogP contribution >= 0.6 is 0 Å². The van der Waals surface area contributed by atoms with Gasteiger partial charge in [0.25, 0.3) is 6.47 Å². The summed E-state index contributed by atoms with van der Waals surface area (Å²) in [4.78, 5) is 43.8. The van der Waals surface area contributed by atoms with Crippen molar-refractivity contribution in [3.63, 3.8) is 0 Å². The fourth-order valence-electron chi connectivity index (χ4n) is 4.39. The fraction of sp³-hybridized carbons (Fsp3) is 0.571. The van der Waals surface area contributed by atoms with E-state index in [1.165, 1.54) is 0 Å². The molecule has 0 radical (unpaired) electrons. The third-order valence-corrected chi connectivity index (χ3v) is 6.06. The van der Waals surface area contributed by atoms with E-state index >= 15 is 0 Å². The average Bonchev–Trinajstić information content (AvgIpc) is 3.49. The Hall–Kier alpha value is -3.17. The van der Waals surface area contributed by atoms with Gasteiger partial charge in [0, 0.05) is 63.7 Å². The van der Waals surface area contributed by atoms with Crippen LogP contribution in [0.2, 0.25) is 0 Å². The summed E-state index contributed by atoms with van der Waals surface area (Å²) in [7, 11) is 0. The van der Waals surface area contributed by atoms with Crippen molar-refractivity contribution in [1.29, 1.82) is 0 Å². The standard InChI is InChI=1S/C20H27N5O3.CH2O2/c1-2-17-22-7-12-24(17)8-3-18(26)25-9-4-20(5-10-25)13-16(28-19(20)27)14-23-11-6-21-15-23;2-1-3/h6-7,11-12,15-16H,2-5,8-10,13-14H2,1H3;1H,(H,2,3). The van der Waals surface area contributed by atoms with Crippen LogP contribution in [-0.2, 0) is 38.6 Å². The Labute approximate surface area is 180 Å². The summed E-state index contributed by atoms with van der Waals surface area (Å²) >= 11 is 0. The summed E-state index contributed by atoms with van der Waals surface area (Å²) in [6.45, 7) is 4.34. The molecule has 1 N–H and O–H groups in total. The predicted molar refractivity (Wildman–Crippen MR) is 110 cm³/mol. The predicted octanol–water partition coefficient (Wildman–Crippen LogP) is 1.36. The lowest BCUT2D eigenvalue weighted by Gasteiger charge is -2.36. The van der Waals surface area contributed by atoms with E-state index in [1.807, 2.05) is 26.4 Å². The van der Waals surface area contributed by atoms with Crippen molar-refractivity contribution in [3.8, 4) is 0 Å². The van der Waals surface area contributed by atoms with Crippen molar-refractivity contribution in [3.05, 3.63) is 36.9 Å². The molecule has 2 aliphatic rings. The molecule has 0 bridgehead atoms. The van der Waals surface area contributed by atoms with Crippen LogP contribution in [0, 0.1) is 5.41 Å². The van der Waals surface area contributed by atoms with Gasteiger partial charge in [0.2, 0.25) is 5.91 Å². The van der Waals surface area contributed by atoms with E-state index in [9.17, 15) is 9.59 Å². The summed E-state index contributed by atoms with van der Waals surface area (Å²) in [5.74, 6) is 1.05. The number of carbonyl (C=O) groups excluding carboxylic acids is 2. The van der Waals surface area contributed by atoms with E-state index in [1.54, 1.807) is 18.7 Å². The van der Waals surface area contributed by atoms with Crippen molar-refractivity contribution >= 4 is 18.3 Å². The number of nitrogens with zero attached hydrogens (tertiary/aromatic N) is 5. The number of rotatable bonds is 6. The van der Waals surface area contributed by atoms with Gasteiger partial charge in [0.05, 0.1) is 18.3 Å². The summed E-state index contributed by atoms with van der Waals surface area (Å²) in [5, 5.41) is 6.89. The van der Waals surface area contributed by atoms with E-state index in [0.717, 1.165) is 18.7 Å². The number of imidazole rings is 2. The van der Waals surface area contributed by atoms with Gasteiger partial charge in [-0.2, -0.15) is 0 Å². The second kappa shape index (κ2) is 10.2. The minimum atomic E-state index is -0.429. The highest BCUT2D eigenvalue weighted by Gasteiger charge is 2.50. The maximum atomic E-state index is 12.6. The Bertz CT molecular complexity index is 871. The van der Waals surface area contributed by atoms with Crippen LogP contribution in [0.3, 0.4) is 0 Å². The first-order chi connectivity index (χ1) is 15.0. The summed E-state index contributed by atoms with van der Waals surface area (Å²) in [6.07, 6.45) is 12.3. The van der Waals surface area contributed by atoms with Gasteiger partial charge < -0.3 is 23.9 Å². The molecule has 1 unspecified atom stereocenters. The molecule has 0 aromatic carbocycles. The van der Waals surface area contributed by atoms with Gasteiger partial charge in [-0.05, 0) is 12.8 Å². The highest BCUT2D eigenvalue weighted by Crippen LogP contribution is 2.43. The zero-order valence-electron chi connectivity index (χ0n) is 17.7. The molecule has 31 heavy (non-hydrogen) atoms. The number of amides is 1. The highest BCUT2D eigenvalue weighted by molar-refractivity contribution is 5.80. The molecule has 4 heterocycles. The zero-order valence-corrected chi connectivity index (χ0v) is 17.7. The molecule has 168 valence electrons. The molecular formula is C21H29N5O5. The van der Waals surface area contributed by atoms with Crippen LogP contribution in [-0.4, -0.2) is 66.7 Å². The molecular weight excluding hydrogens is 402 g/mol. The second-order valence-corrected chi connectivity index (χ2v) is 7.90. The van der Waals surface area contributed by atoms with Crippen LogP contribution in [0.5, 0.6) is 0 Å². The lowest BCUT2D eigenvalue weighted by atomic mass is 9.76. The number of cyclic esters (lactones) is 1. The van der Waals surface area contributed by atoms with Crippen LogP contribution in [0.15, 0.2) is 31.1 Å². The number of hydrogen-bond donors (Lipinski definition) is 1. The maximum Gasteiger partial charge on any atom is 0.312 e. The molecule has 1 spiro atoms. The third kappa shape index (κ3) is 5.31. The normalized spacial score (nSPS) is 19.6. The number of hydrogen-bond acceptors (Lipinski definition) is 6. The van der Waals surface area contributed by atoms with Crippen molar-refractivity contribution in [2.45, 2.75) is 58.2 Å². The van der Waals surface area contributed by atoms with Crippen molar-refractivity contribution in [1.82, 2.24) is 24.0 Å². The molecule has 1 atom stereocenters. The second-order valence-electron chi connectivity index (χ2n) is 7.90. The first-order valence-electron chi connectivity index (χ1n) is 10.5. The lowest BCUT2D eigenvalue weighted by Crippen LogP contribution is -2.45. The van der Waals surface area contributed by atoms with Gasteiger partial charge in [0.15, 0.2) is 0 Å². The van der Waals surface area contributed by atoms with Crippen molar-refractivity contribution in [2.24, 2.45) is 5.41 Å². The minimum Gasteiger partial charge on any atom is -0.483 e. The van der Waals surface area contributed by atoms with Gasteiger partial charge in [-0.15, -0.1) is 0 Å². The molecule has 4 rings (SSSR count). The lowest BCUT2D eigenvalue weighted by molar-refractivity contribution is -0.152. The Morgan fingerprint density at radius 1 is 1.32 bits per heavy atom. The summed E-state index contributed by atoms with van der Waals surface area (Å²) in [5.41, 5.74) is -0.429. The van der Waals surface area contributed by atoms with E-state index in [0.29, 0.717) is 45.4 Å². The Kier molecular flexibility index (Phi) is 7.43. The smallest absolute Gasteiger partial charge is 0.312 e. The first-order valence-corrected chi connectivity index (χ1v) is 10.5. The average molecular weight is 431 g/mol. The molecule has 2 aromatic heterocycles. The Morgan fingerprint density at radius 2 is 2.06 bits per heavy atom. The van der Waals surface area contributed by atoms with E-state index in [2.05, 4.69) is 16.9 Å². The minimum absolute atomic E-state index is 0.101. The zero-order chi connectivity index (χ0) is 22.3.